The molecule has 1 aliphatic heterocycles. The SMILES string of the molecule is CCCNC(C)c1ccc(OC2CCN(C)CC2)cc1Cl. The largest absolute Gasteiger partial charge is 0.490 e. The summed E-state index contributed by atoms with van der Waals surface area (Å²) in [7, 11) is 2.16. The molecule has 4 heteroatoms. The number of likely N-dealkylation sites (tertiary alicyclic amines) is 1. The summed E-state index contributed by atoms with van der Waals surface area (Å²) >= 11 is 6.42. The molecule has 118 valence electrons. The van der Waals surface area contributed by atoms with E-state index in [-0.39, 0.29) is 6.04 Å². The van der Waals surface area contributed by atoms with Crippen molar-refractivity contribution in [2.24, 2.45) is 0 Å². The first-order valence-corrected chi connectivity index (χ1v) is 8.36. The average Bonchev–Trinajstić information content (AvgIpc) is 2.47. The van der Waals surface area contributed by atoms with Crippen molar-refractivity contribution < 1.29 is 4.74 Å². The topological polar surface area (TPSA) is 24.5 Å². The van der Waals surface area contributed by atoms with Gasteiger partial charge in [-0.3, -0.25) is 0 Å². The van der Waals surface area contributed by atoms with Crippen molar-refractivity contribution in [3.63, 3.8) is 0 Å². The molecule has 1 heterocycles. The van der Waals surface area contributed by atoms with E-state index in [1.807, 2.05) is 12.1 Å². The van der Waals surface area contributed by atoms with Gasteiger partial charge in [-0.05, 0) is 57.5 Å². The van der Waals surface area contributed by atoms with E-state index >= 15 is 0 Å². The summed E-state index contributed by atoms with van der Waals surface area (Å²) in [6, 6.07) is 6.36. The highest BCUT2D eigenvalue weighted by Crippen LogP contribution is 2.28. The van der Waals surface area contributed by atoms with Gasteiger partial charge in [0, 0.05) is 24.2 Å². The number of nitrogens with one attached hydrogen (secondary N) is 1. The van der Waals surface area contributed by atoms with Gasteiger partial charge in [0.15, 0.2) is 0 Å². The molecule has 3 nitrogen and oxygen atoms in total. The summed E-state index contributed by atoms with van der Waals surface area (Å²) in [5.41, 5.74) is 1.14. The quantitative estimate of drug-likeness (QED) is 0.863. The fourth-order valence-corrected chi connectivity index (χ4v) is 3.03. The van der Waals surface area contributed by atoms with E-state index in [1.54, 1.807) is 0 Å². The molecular weight excluding hydrogens is 284 g/mol. The van der Waals surface area contributed by atoms with Crippen molar-refractivity contribution in [1.29, 1.82) is 0 Å². The zero-order chi connectivity index (χ0) is 15.2. The maximum Gasteiger partial charge on any atom is 0.121 e. The second-order valence-electron chi connectivity index (χ2n) is 5.98. The summed E-state index contributed by atoms with van der Waals surface area (Å²) in [5, 5.41) is 4.25. The second kappa shape index (κ2) is 8.02. The van der Waals surface area contributed by atoms with Crippen molar-refractivity contribution in [2.75, 3.05) is 26.7 Å². The van der Waals surface area contributed by atoms with E-state index in [2.05, 4.69) is 37.2 Å². The lowest BCUT2D eigenvalue weighted by Crippen LogP contribution is -2.35. The van der Waals surface area contributed by atoms with E-state index in [1.165, 1.54) is 0 Å². The number of hydrogen-bond donors (Lipinski definition) is 1. The Morgan fingerprint density at radius 2 is 2.10 bits per heavy atom. The van der Waals surface area contributed by atoms with E-state index in [9.17, 15) is 0 Å². The van der Waals surface area contributed by atoms with E-state index in [0.717, 1.165) is 55.2 Å². The molecule has 1 saturated heterocycles. The highest BCUT2D eigenvalue weighted by molar-refractivity contribution is 6.31. The Hall–Kier alpha value is -0.770. The Labute approximate surface area is 133 Å². The summed E-state index contributed by atoms with van der Waals surface area (Å²) in [4.78, 5) is 2.34. The van der Waals surface area contributed by atoms with Crippen LogP contribution in [0, 0.1) is 0 Å². The minimum atomic E-state index is 0.273. The van der Waals surface area contributed by atoms with Crippen molar-refractivity contribution >= 4 is 11.6 Å². The van der Waals surface area contributed by atoms with Crippen LogP contribution in [0.25, 0.3) is 0 Å². The van der Waals surface area contributed by atoms with Gasteiger partial charge in [-0.1, -0.05) is 24.6 Å². The van der Waals surface area contributed by atoms with Crippen LogP contribution < -0.4 is 10.1 Å². The Morgan fingerprint density at radius 3 is 2.71 bits per heavy atom. The Kier molecular flexibility index (Phi) is 6.34. The third kappa shape index (κ3) is 4.87. The minimum Gasteiger partial charge on any atom is -0.490 e. The van der Waals surface area contributed by atoms with Gasteiger partial charge in [-0.15, -0.1) is 0 Å². The fourth-order valence-electron chi connectivity index (χ4n) is 2.70. The Bertz CT molecular complexity index is 444. The fraction of sp³-hybridized carbons (Fsp3) is 0.647. The third-order valence-corrected chi connectivity index (χ3v) is 4.43. The Balaban J connectivity index is 1.95. The molecule has 1 aromatic rings. The van der Waals surface area contributed by atoms with Crippen LogP contribution in [0.4, 0.5) is 0 Å². The van der Waals surface area contributed by atoms with Gasteiger partial charge in [0.05, 0.1) is 0 Å². The highest BCUT2D eigenvalue weighted by atomic mass is 35.5. The maximum atomic E-state index is 6.42. The zero-order valence-electron chi connectivity index (χ0n) is 13.4. The molecule has 1 N–H and O–H groups in total. The lowest BCUT2D eigenvalue weighted by Gasteiger charge is -2.29. The molecule has 0 saturated carbocycles. The number of benzene rings is 1. The predicted octanol–water partition coefficient (Wildman–Crippen LogP) is 3.87. The number of hydrogen-bond acceptors (Lipinski definition) is 3. The summed E-state index contributed by atoms with van der Waals surface area (Å²) in [6.07, 6.45) is 3.62. The van der Waals surface area contributed by atoms with Gasteiger partial charge in [-0.2, -0.15) is 0 Å². The molecule has 21 heavy (non-hydrogen) atoms. The molecule has 1 atom stereocenters. The van der Waals surface area contributed by atoms with Gasteiger partial charge in [0.2, 0.25) is 0 Å². The number of rotatable bonds is 6. The molecular formula is C17H27ClN2O. The van der Waals surface area contributed by atoms with Gasteiger partial charge in [0.1, 0.15) is 11.9 Å². The molecule has 0 aromatic heterocycles. The molecule has 1 aromatic carbocycles. The summed E-state index contributed by atoms with van der Waals surface area (Å²) in [6.45, 7) is 7.53. The number of halogens is 1. The van der Waals surface area contributed by atoms with Crippen LogP contribution in [0.15, 0.2) is 18.2 Å². The normalized spacial score (nSPS) is 18.7. The standard InChI is InChI=1S/C17H27ClN2O/c1-4-9-19-13(2)16-6-5-15(12-17(16)18)21-14-7-10-20(3)11-8-14/h5-6,12-14,19H,4,7-11H2,1-3H3. The van der Waals surface area contributed by atoms with Crippen LogP contribution in [-0.2, 0) is 0 Å². The first kappa shape index (κ1) is 16.6. The smallest absolute Gasteiger partial charge is 0.121 e. The molecule has 0 aliphatic carbocycles. The van der Waals surface area contributed by atoms with Gasteiger partial charge in [0.25, 0.3) is 0 Å². The number of ether oxygens (including phenoxy) is 1. The number of nitrogens with zero attached hydrogens (tertiary/aromatic N) is 1. The predicted molar refractivity (Wildman–Crippen MR) is 89.3 cm³/mol. The lowest BCUT2D eigenvalue weighted by atomic mass is 10.1. The van der Waals surface area contributed by atoms with Crippen LogP contribution in [0.3, 0.4) is 0 Å². The van der Waals surface area contributed by atoms with Crippen molar-refractivity contribution in [3.05, 3.63) is 28.8 Å². The van der Waals surface area contributed by atoms with E-state index in [0.29, 0.717) is 6.10 Å². The van der Waals surface area contributed by atoms with Crippen molar-refractivity contribution in [2.45, 2.75) is 45.3 Å². The van der Waals surface area contributed by atoms with Crippen LogP contribution in [0.1, 0.15) is 44.7 Å². The third-order valence-electron chi connectivity index (χ3n) is 4.11. The second-order valence-corrected chi connectivity index (χ2v) is 6.39. The minimum absolute atomic E-state index is 0.273. The van der Waals surface area contributed by atoms with Gasteiger partial charge in [-0.25, -0.2) is 0 Å². The lowest BCUT2D eigenvalue weighted by molar-refractivity contribution is 0.114. The van der Waals surface area contributed by atoms with Crippen molar-refractivity contribution in [3.8, 4) is 5.75 Å². The molecule has 2 rings (SSSR count). The number of piperidine rings is 1. The molecule has 0 radical (unpaired) electrons. The molecule has 1 fully saturated rings. The van der Waals surface area contributed by atoms with Crippen LogP contribution >= 0.6 is 11.6 Å². The molecule has 1 unspecified atom stereocenters. The molecule has 1 aliphatic rings. The average molecular weight is 311 g/mol. The molecule has 0 spiro atoms. The van der Waals surface area contributed by atoms with Crippen molar-refractivity contribution in [1.82, 2.24) is 10.2 Å². The highest BCUT2D eigenvalue weighted by Gasteiger charge is 2.18. The molecule has 0 bridgehead atoms. The maximum absolute atomic E-state index is 6.42. The van der Waals surface area contributed by atoms with Gasteiger partial charge >= 0.3 is 0 Å². The monoisotopic (exact) mass is 310 g/mol. The van der Waals surface area contributed by atoms with E-state index < -0.39 is 0 Å². The molecule has 0 amide bonds. The zero-order valence-corrected chi connectivity index (χ0v) is 14.1. The Morgan fingerprint density at radius 1 is 1.38 bits per heavy atom. The van der Waals surface area contributed by atoms with Crippen LogP contribution in [0.2, 0.25) is 5.02 Å². The van der Waals surface area contributed by atoms with Crippen LogP contribution in [-0.4, -0.2) is 37.7 Å². The first-order valence-electron chi connectivity index (χ1n) is 7.98. The summed E-state index contributed by atoms with van der Waals surface area (Å²) in [5.74, 6) is 0.890. The van der Waals surface area contributed by atoms with E-state index in [4.69, 9.17) is 16.3 Å². The van der Waals surface area contributed by atoms with Crippen LogP contribution in [0.5, 0.6) is 5.75 Å². The van der Waals surface area contributed by atoms with Gasteiger partial charge < -0.3 is 15.0 Å². The summed E-state index contributed by atoms with van der Waals surface area (Å²) < 4.78 is 6.07. The first-order chi connectivity index (χ1) is 10.1.